The molecule has 1 fully saturated rings. The molecule has 2 heterocycles. The Morgan fingerprint density at radius 2 is 2.00 bits per heavy atom. The third kappa shape index (κ3) is 8.55. The van der Waals surface area contributed by atoms with Gasteiger partial charge in [0.2, 0.25) is 23.6 Å². The number of hydrogen-bond acceptors (Lipinski definition) is 8. The average molecular weight is 512 g/mol. The summed E-state index contributed by atoms with van der Waals surface area (Å²) in [5.41, 5.74) is 11.7. The Kier molecular flexibility index (Phi) is 11.0. The normalized spacial score (nSPS) is 17.9. The van der Waals surface area contributed by atoms with Crippen molar-refractivity contribution in [1.82, 2.24) is 25.5 Å². The van der Waals surface area contributed by atoms with Crippen LogP contribution in [0.25, 0.3) is 0 Å². The number of nitrogens with two attached hydrogens (primary N) is 2. The van der Waals surface area contributed by atoms with Crippen molar-refractivity contribution in [2.45, 2.75) is 62.7 Å². The van der Waals surface area contributed by atoms with Crippen LogP contribution >= 0.6 is 11.8 Å². The van der Waals surface area contributed by atoms with Crippen molar-refractivity contribution in [1.29, 1.82) is 0 Å². The lowest BCUT2D eigenvalue weighted by molar-refractivity contribution is -0.145. The van der Waals surface area contributed by atoms with E-state index < -0.39 is 53.8 Å². The molecule has 8 N–H and O–H groups in total. The highest BCUT2D eigenvalue weighted by Gasteiger charge is 2.39. The Labute approximate surface area is 207 Å². The number of likely N-dealkylation sites (tertiary alicyclic amines) is 1. The molecular weight excluding hydrogens is 478 g/mol. The molecule has 1 saturated heterocycles. The van der Waals surface area contributed by atoms with E-state index >= 15 is 0 Å². The second kappa shape index (κ2) is 13.7. The van der Waals surface area contributed by atoms with Gasteiger partial charge in [-0.2, -0.15) is 11.8 Å². The van der Waals surface area contributed by atoms with E-state index in [0.29, 0.717) is 30.7 Å². The highest BCUT2D eigenvalue weighted by atomic mass is 32.2. The van der Waals surface area contributed by atoms with Crippen LogP contribution in [-0.4, -0.2) is 92.3 Å². The lowest BCUT2D eigenvalue weighted by Gasteiger charge is -2.30. The van der Waals surface area contributed by atoms with E-state index in [2.05, 4.69) is 20.6 Å². The van der Waals surface area contributed by atoms with Gasteiger partial charge in [-0.05, 0) is 37.7 Å². The molecule has 1 aromatic heterocycles. The zero-order valence-corrected chi connectivity index (χ0v) is 20.4. The van der Waals surface area contributed by atoms with Gasteiger partial charge < -0.3 is 37.1 Å². The fourth-order valence-corrected chi connectivity index (χ4v) is 4.28. The number of rotatable bonds is 14. The van der Waals surface area contributed by atoms with Crippen LogP contribution in [0.15, 0.2) is 12.5 Å². The molecule has 0 radical (unpaired) electrons. The molecule has 2 rings (SSSR count). The number of carbonyl (C=O) groups excluding carboxylic acids is 4. The number of carboxylic acid groups (broad SMARTS) is 1. The number of H-pyrrole nitrogens is 1. The molecule has 35 heavy (non-hydrogen) atoms. The number of aliphatic carboxylic acids is 1. The lowest BCUT2D eigenvalue weighted by Crippen LogP contribution is -2.57. The Morgan fingerprint density at radius 3 is 2.60 bits per heavy atom. The third-order valence-corrected chi connectivity index (χ3v) is 6.34. The molecule has 4 atom stereocenters. The molecule has 4 unspecified atom stereocenters. The van der Waals surface area contributed by atoms with Gasteiger partial charge >= 0.3 is 5.97 Å². The summed E-state index contributed by atoms with van der Waals surface area (Å²) in [6, 6.07) is -4.06. The maximum Gasteiger partial charge on any atom is 0.326 e. The van der Waals surface area contributed by atoms with Crippen molar-refractivity contribution < 1.29 is 29.1 Å². The molecule has 14 heteroatoms. The number of primary amides is 1. The van der Waals surface area contributed by atoms with E-state index in [1.54, 1.807) is 0 Å². The maximum absolute atomic E-state index is 13.3. The van der Waals surface area contributed by atoms with E-state index in [-0.39, 0.29) is 25.8 Å². The second-order valence-corrected chi connectivity index (χ2v) is 9.31. The molecule has 1 aromatic rings. The van der Waals surface area contributed by atoms with E-state index in [1.807, 2.05) is 6.26 Å². The molecule has 1 aliphatic heterocycles. The van der Waals surface area contributed by atoms with Crippen molar-refractivity contribution >= 4 is 41.4 Å². The molecule has 4 amide bonds. The summed E-state index contributed by atoms with van der Waals surface area (Å²) >= 11 is 1.53. The SMILES string of the molecule is CSCCC(N)C(=O)NC(CCC(N)=O)C(=O)N1CCCC1C(=O)NC(Cc1cnc[nH]1)C(=O)O. The van der Waals surface area contributed by atoms with E-state index in [0.717, 1.165) is 0 Å². The monoisotopic (exact) mass is 511 g/mol. The first-order valence-corrected chi connectivity index (χ1v) is 12.7. The lowest BCUT2D eigenvalue weighted by atomic mass is 10.1. The van der Waals surface area contributed by atoms with E-state index in [9.17, 15) is 29.1 Å². The van der Waals surface area contributed by atoms with Gasteiger partial charge in [-0.25, -0.2) is 9.78 Å². The zero-order valence-electron chi connectivity index (χ0n) is 19.6. The third-order valence-electron chi connectivity index (χ3n) is 5.70. The van der Waals surface area contributed by atoms with Gasteiger partial charge in [-0.1, -0.05) is 0 Å². The number of aromatic amines is 1. The van der Waals surface area contributed by atoms with Crippen molar-refractivity contribution in [3.05, 3.63) is 18.2 Å². The van der Waals surface area contributed by atoms with Crippen LogP contribution in [0.5, 0.6) is 0 Å². The highest BCUT2D eigenvalue weighted by Crippen LogP contribution is 2.20. The van der Waals surface area contributed by atoms with Gasteiger partial charge in [0.15, 0.2) is 0 Å². The minimum Gasteiger partial charge on any atom is -0.480 e. The number of nitrogens with zero attached hydrogens (tertiary/aromatic N) is 2. The first-order chi connectivity index (χ1) is 16.6. The van der Waals surface area contributed by atoms with Crippen LogP contribution in [0.1, 0.15) is 37.8 Å². The van der Waals surface area contributed by atoms with Crippen LogP contribution in [-0.2, 0) is 30.4 Å². The zero-order chi connectivity index (χ0) is 26.0. The smallest absolute Gasteiger partial charge is 0.326 e. The standard InChI is InChI=1S/C21H33N7O6S/c1-35-8-6-13(22)18(30)26-14(4-5-17(23)29)20(32)28-7-2-3-16(28)19(31)27-15(21(33)34)9-12-10-24-11-25-12/h10-11,13-16H,2-9,22H2,1H3,(H2,23,29)(H,24,25)(H,26,30)(H,27,31)(H,33,34). The van der Waals surface area contributed by atoms with Crippen LogP contribution in [0.4, 0.5) is 0 Å². The Bertz CT molecular complexity index is 897. The van der Waals surface area contributed by atoms with Crippen LogP contribution < -0.4 is 22.1 Å². The van der Waals surface area contributed by atoms with Gasteiger partial charge in [0, 0.05) is 31.3 Å². The molecule has 13 nitrogen and oxygen atoms in total. The van der Waals surface area contributed by atoms with Crippen molar-refractivity contribution in [2.75, 3.05) is 18.6 Å². The number of amides is 4. The van der Waals surface area contributed by atoms with Crippen LogP contribution in [0, 0.1) is 0 Å². The van der Waals surface area contributed by atoms with E-state index in [4.69, 9.17) is 11.5 Å². The average Bonchev–Trinajstić information content (AvgIpc) is 3.51. The number of aromatic nitrogens is 2. The van der Waals surface area contributed by atoms with Crippen molar-refractivity contribution in [3.8, 4) is 0 Å². The largest absolute Gasteiger partial charge is 0.480 e. The first kappa shape index (κ1) is 28.1. The molecule has 194 valence electrons. The molecular formula is C21H33N7O6S. The number of carboxylic acids is 1. The molecule has 0 aliphatic carbocycles. The first-order valence-electron chi connectivity index (χ1n) is 11.3. The van der Waals surface area contributed by atoms with Crippen molar-refractivity contribution in [3.63, 3.8) is 0 Å². The summed E-state index contributed by atoms with van der Waals surface area (Å²) in [6.07, 6.45) is 5.81. The summed E-state index contributed by atoms with van der Waals surface area (Å²) in [5.74, 6) is -2.90. The van der Waals surface area contributed by atoms with Crippen LogP contribution in [0.3, 0.4) is 0 Å². The second-order valence-electron chi connectivity index (χ2n) is 8.32. The Morgan fingerprint density at radius 1 is 1.26 bits per heavy atom. The number of thioether (sulfide) groups is 1. The number of carbonyl (C=O) groups is 5. The Hall–Kier alpha value is -3.13. The predicted molar refractivity (Wildman–Crippen MR) is 128 cm³/mol. The number of nitrogens with one attached hydrogen (secondary N) is 3. The quantitative estimate of drug-likeness (QED) is 0.168. The predicted octanol–water partition coefficient (Wildman–Crippen LogP) is -1.66. The van der Waals surface area contributed by atoms with Gasteiger partial charge in [-0.15, -0.1) is 0 Å². The van der Waals surface area contributed by atoms with Crippen molar-refractivity contribution in [2.24, 2.45) is 11.5 Å². The fourth-order valence-electron chi connectivity index (χ4n) is 3.79. The van der Waals surface area contributed by atoms with E-state index in [1.165, 1.54) is 29.2 Å². The minimum atomic E-state index is -1.23. The van der Waals surface area contributed by atoms with Crippen LogP contribution in [0.2, 0.25) is 0 Å². The minimum absolute atomic E-state index is 0.00698. The van der Waals surface area contributed by atoms with Gasteiger partial charge in [-0.3, -0.25) is 19.2 Å². The maximum atomic E-state index is 13.3. The summed E-state index contributed by atoms with van der Waals surface area (Å²) < 4.78 is 0. The summed E-state index contributed by atoms with van der Waals surface area (Å²) in [5, 5.41) is 14.6. The molecule has 0 spiro atoms. The van der Waals surface area contributed by atoms with Gasteiger partial charge in [0.05, 0.1) is 12.4 Å². The summed E-state index contributed by atoms with van der Waals surface area (Å²) in [7, 11) is 0. The number of hydrogen-bond donors (Lipinski definition) is 6. The van der Waals surface area contributed by atoms with Gasteiger partial charge in [0.1, 0.15) is 18.1 Å². The molecule has 0 bridgehead atoms. The Balaban J connectivity index is 2.10. The van der Waals surface area contributed by atoms with Gasteiger partial charge in [0.25, 0.3) is 0 Å². The number of imidazole rings is 1. The fraction of sp³-hybridized carbons (Fsp3) is 0.619. The summed E-state index contributed by atoms with van der Waals surface area (Å²) in [4.78, 5) is 69.8. The summed E-state index contributed by atoms with van der Waals surface area (Å²) in [6.45, 7) is 0.247. The topological polar surface area (TPSA) is 214 Å². The highest BCUT2D eigenvalue weighted by molar-refractivity contribution is 7.98. The molecule has 0 saturated carbocycles. The molecule has 0 aromatic carbocycles. The molecule has 1 aliphatic rings.